The molecule has 258 valence electrons. The fourth-order valence-corrected chi connectivity index (χ4v) is 9.56. The van der Waals surface area contributed by atoms with Crippen LogP contribution in [0.5, 0.6) is 0 Å². The normalized spacial score (nSPS) is 11.6. The maximum atomic E-state index is 6.70. The quantitative estimate of drug-likeness (QED) is 0.170. The minimum absolute atomic E-state index is 0.863. The molecule has 0 aliphatic rings. The van der Waals surface area contributed by atoms with Gasteiger partial charge in [0.05, 0.1) is 11.4 Å². The molecule has 11 rings (SSSR count). The van der Waals surface area contributed by atoms with Gasteiger partial charge in [0.15, 0.2) is 5.58 Å². The molecule has 0 unspecified atom stereocenters. The average Bonchev–Trinajstić information content (AvgIpc) is 3.83. The van der Waals surface area contributed by atoms with Gasteiger partial charge in [0.1, 0.15) is 5.58 Å². The fraction of sp³-hybridized carbons (Fsp3) is 0. The first-order valence-corrected chi connectivity index (χ1v) is 19.5. The Hall–Kier alpha value is -6.94. The van der Waals surface area contributed by atoms with Gasteiger partial charge in [-0.15, -0.1) is 11.3 Å². The summed E-state index contributed by atoms with van der Waals surface area (Å²) in [5.41, 5.74) is 12.0. The second-order valence-electron chi connectivity index (χ2n) is 14.0. The van der Waals surface area contributed by atoms with Crippen LogP contribution in [0, 0.1) is 0 Å². The molecule has 0 bridgehead atoms. The monoisotopic (exact) mass is 719 g/mol. The predicted molar refractivity (Wildman–Crippen MR) is 235 cm³/mol. The Bertz CT molecular complexity index is 3220. The van der Waals surface area contributed by atoms with Crippen LogP contribution < -0.4 is 4.90 Å². The third-order valence-electron chi connectivity index (χ3n) is 10.9. The molecule has 2 nitrogen and oxygen atoms in total. The molecule has 0 aliphatic carbocycles. The number of hydrogen-bond donors (Lipinski definition) is 0. The van der Waals surface area contributed by atoms with E-state index in [9.17, 15) is 0 Å². The lowest BCUT2D eigenvalue weighted by molar-refractivity contribution is 0.669. The molecule has 0 fully saturated rings. The number of furan rings is 1. The van der Waals surface area contributed by atoms with Crippen molar-refractivity contribution in [2.75, 3.05) is 4.90 Å². The summed E-state index contributed by atoms with van der Waals surface area (Å²) in [4.78, 5) is 2.37. The van der Waals surface area contributed by atoms with Crippen LogP contribution >= 0.6 is 11.3 Å². The van der Waals surface area contributed by atoms with E-state index in [1.54, 1.807) is 0 Å². The van der Waals surface area contributed by atoms with Crippen molar-refractivity contribution in [1.82, 2.24) is 0 Å². The zero-order chi connectivity index (χ0) is 36.3. The van der Waals surface area contributed by atoms with Crippen molar-refractivity contribution < 1.29 is 4.42 Å². The van der Waals surface area contributed by atoms with Crippen molar-refractivity contribution in [3.8, 4) is 33.4 Å². The summed E-state index contributed by atoms with van der Waals surface area (Å²) in [6.45, 7) is 0. The van der Waals surface area contributed by atoms with Crippen LogP contribution in [-0.2, 0) is 0 Å². The molecule has 0 saturated heterocycles. The van der Waals surface area contributed by atoms with Gasteiger partial charge in [-0.2, -0.15) is 0 Å². The minimum atomic E-state index is 0.863. The van der Waals surface area contributed by atoms with E-state index < -0.39 is 0 Å². The Kier molecular flexibility index (Phi) is 7.39. The summed E-state index contributed by atoms with van der Waals surface area (Å²) in [7, 11) is 0. The Morgan fingerprint density at radius 2 is 0.982 bits per heavy atom. The van der Waals surface area contributed by atoms with Crippen LogP contribution in [-0.4, -0.2) is 0 Å². The predicted octanol–water partition coefficient (Wildman–Crippen LogP) is 15.6. The Morgan fingerprint density at radius 3 is 1.89 bits per heavy atom. The minimum Gasteiger partial charge on any atom is -0.454 e. The second kappa shape index (κ2) is 12.9. The highest BCUT2D eigenvalue weighted by Crippen LogP contribution is 2.47. The number of benzene rings is 9. The van der Waals surface area contributed by atoms with Crippen molar-refractivity contribution in [3.63, 3.8) is 0 Å². The van der Waals surface area contributed by atoms with Crippen LogP contribution in [0.1, 0.15) is 0 Å². The summed E-state index contributed by atoms with van der Waals surface area (Å²) >= 11 is 1.87. The van der Waals surface area contributed by atoms with Gasteiger partial charge in [0.25, 0.3) is 0 Å². The molecule has 0 amide bonds. The van der Waals surface area contributed by atoms with E-state index >= 15 is 0 Å². The van der Waals surface area contributed by atoms with Crippen LogP contribution in [0.3, 0.4) is 0 Å². The lowest BCUT2D eigenvalue weighted by atomic mass is 9.94. The fourth-order valence-electron chi connectivity index (χ4n) is 8.33. The zero-order valence-corrected chi connectivity index (χ0v) is 30.6. The molecule has 0 spiro atoms. The first kappa shape index (κ1) is 31.6. The van der Waals surface area contributed by atoms with Crippen LogP contribution in [0.15, 0.2) is 205 Å². The lowest BCUT2D eigenvalue weighted by Crippen LogP contribution is -2.11. The third kappa shape index (κ3) is 5.24. The van der Waals surface area contributed by atoms with Crippen molar-refractivity contribution in [3.05, 3.63) is 200 Å². The van der Waals surface area contributed by atoms with Gasteiger partial charge in [-0.25, -0.2) is 0 Å². The molecule has 3 heteroatoms. The number of anilines is 3. The first-order chi connectivity index (χ1) is 27.3. The summed E-state index contributed by atoms with van der Waals surface area (Å²) in [5.74, 6) is 0. The molecular weight excluding hydrogens is 687 g/mol. The number of nitrogens with zero attached hydrogens (tertiary/aromatic N) is 1. The van der Waals surface area contributed by atoms with Crippen LogP contribution in [0.2, 0.25) is 0 Å². The van der Waals surface area contributed by atoms with E-state index in [0.717, 1.165) is 50.1 Å². The lowest BCUT2D eigenvalue weighted by Gasteiger charge is -2.28. The molecule has 11 aromatic rings. The number of fused-ring (bicyclic) bond motifs is 7. The highest BCUT2D eigenvalue weighted by Gasteiger charge is 2.22. The SMILES string of the molecule is c1cc(-c2ccccc2N(c2ccc(-c3cccc4c3sc3ccccc34)cc2)c2cccc3c2oc2ccccc23)cc(-c2cccc3ccccc23)c1. The van der Waals surface area contributed by atoms with Gasteiger partial charge in [-0.1, -0.05) is 158 Å². The van der Waals surface area contributed by atoms with E-state index in [1.165, 1.54) is 53.2 Å². The van der Waals surface area contributed by atoms with Gasteiger partial charge in [0, 0.05) is 42.2 Å². The number of thiophene rings is 1. The molecule has 0 radical (unpaired) electrons. The maximum Gasteiger partial charge on any atom is 0.159 e. The molecule has 55 heavy (non-hydrogen) atoms. The van der Waals surface area contributed by atoms with Crippen molar-refractivity contribution in [2.45, 2.75) is 0 Å². The Morgan fingerprint density at radius 1 is 0.382 bits per heavy atom. The molecule has 0 N–H and O–H groups in total. The summed E-state index contributed by atoms with van der Waals surface area (Å²) in [5, 5.41) is 7.32. The third-order valence-corrected chi connectivity index (χ3v) is 12.1. The first-order valence-electron chi connectivity index (χ1n) is 18.7. The highest BCUT2D eigenvalue weighted by atomic mass is 32.1. The standard InChI is InChI=1S/C52H33NOS/c1-2-17-39-34(13-1)14-10-21-40(39)36-15-9-16-37(33-36)41-18-3-6-25-47(41)53(48-26-12-23-45-43-19-4-7-27-49(43)54-51(45)48)38-31-29-35(30-32-38)42-22-11-24-46-44-20-5-8-28-50(44)55-52(42)46/h1-33H. The average molecular weight is 720 g/mol. The molecule has 2 heterocycles. The number of para-hydroxylation sites is 3. The summed E-state index contributed by atoms with van der Waals surface area (Å²) in [6.07, 6.45) is 0. The molecule has 0 atom stereocenters. The van der Waals surface area contributed by atoms with Gasteiger partial charge >= 0.3 is 0 Å². The van der Waals surface area contributed by atoms with Crippen molar-refractivity contribution in [1.29, 1.82) is 0 Å². The van der Waals surface area contributed by atoms with Gasteiger partial charge in [0.2, 0.25) is 0 Å². The van der Waals surface area contributed by atoms with Gasteiger partial charge in [-0.05, 0) is 81.1 Å². The van der Waals surface area contributed by atoms with Gasteiger partial charge < -0.3 is 9.32 Å². The summed E-state index contributed by atoms with van der Waals surface area (Å²) < 4.78 is 9.33. The summed E-state index contributed by atoms with van der Waals surface area (Å²) in [6, 6.07) is 72.1. The van der Waals surface area contributed by atoms with E-state index in [1.807, 2.05) is 17.4 Å². The molecule has 0 saturated carbocycles. The van der Waals surface area contributed by atoms with E-state index in [4.69, 9.17) is 4.42 Å². The van der Waals surface area contributed by atoms with Crippen LogP contribution in [0.25, 0.3) is 86.3 Å². The number of hydrogen-bond acceptors (Lipinski definition) is 3. The van der Waals surface area contributed by atoms with Crippen LogP contribution in [0.4, 0.5) is 17.1 Å². The van der Waals surface area contributed by atoms with E-state index in [-0.39, 0.29) is 0 Å². The van der Waals surface area contributed by atoms with E-state index in [2.05, 4.69) is 199 Å². The number of rotatable bonds is 6. The molecule has 2 aromatic heterocycles. The Labute approximate surface area is 322 Å². The molecular formula is C52H33NOS. The van der Waals surface area contributed by atoms with Gasteiger partial charge in [-0.3, -0.25) is 0 Å². The largest absolute Gasteiger partial charge is 0.454 e. The van der Waals surface area contributed by atoms with Crippen molar-refractivity contribution >= 4 is 81.3 Å². The topological polar surface area (TPSA) is 16.4 Å². The molecule has 0 aliphatic heterocycles. The van der Waals surface area contributed by atoms with Crippen molar-refractivity contribution in [2.24, 2.45) is 0 Å². The second-order valence-corrected chi connectivity index (χ2v) is 15.1. The van der Waals surface area contributed by atoms with E-state index in [0.29, 0.717) is 0 Å². The smallest absolute Gasteiger partial charge is 0.159 e. The molecule has 9 aromatic carbocycles. The Balaban J connectivity index is 1.10. The maximum absolute atomic E-state index is 6.70. The highest BCUT2D eigenvalue weighted by molar-refractivity contribution is 7.26. The zero-order valence-electron chi connectivity index (χ0n) is 29.8.